The average molecular weight is 379 g/mol. The zero-order chi connectivity index (χ0) is 19.5. The van der Waals surface area contributed by atoms with E-state index in [4.69, 9.17) is 4.74 Å². The van der Waals surface area contributed by atoms with Crippen LogP contribution >= 0.6 is 0 Å². The molecule has 1 unspecified atom stereocenters. The van der Waals surface area contributed by atoms with Crippen molar-refractivity contribution in [2.24, 2.45) is 0 Å². The van der Waals surface area contributed by atoms with E-state index >= 15 is 0 Å². The van der Waals surface area contributed by atoms with Gasteiger partial charge in [0.05, 0.1) is 5.69 Å². The van der Waals surface area contributed by atoms with E-state index < -0.39 is 6.10 Å². The Morgan fingerprint density at radius 3 is 2.43 bits per heavy atom. The first-order valence-electron chi connectivity index (χ1n) is 9.78. The van der Waals surface area contributed by atoms with Crippen LogP contribution < -0.4 is 14.5 Å². The summed E-state index contributed by atoms with van der Waals surface area (Å²) in [7, 11) is 0. The molecule has 6 heteroatoms. The van der Waals surface area contributed by atoms with Crippen LogP contribution in [0.15, 0.2) is 54.6 Å². The molecule has 4 rings (SSSR count). The highest BCUT2D eigenvalue weighted by Gasteiger charge is 2.32. The molecule has 0 aliphatic carbocycles. The number of carbonyl (C=O) groups excluding carboxylic acids is 2. The fraction of sp³-hybridized carbons (Fsp3) is 0.364. The van der Waals surface area contributed by atoms with E-state index in [-0.39, 0.29) is 11.8 Å². The normalized spacial score (nSPS) is 19.2. The van der Waals surface area contributed by atoms with Gasteiger partial charge < -0.3 is 19.4 Å². The first kappa shape index (κ1) is 18.3. The van der Waals surface area contributed by atoms with Gasteiger partial charge in [0.1, 0.15) is 5.75 Å². The van der Waals surface area contributed by atoms with Crippen LogP contribution in [0.4, 0.5) is 11.4 Å². The second-order valence-corrected chi connectivity index (χ2v) is 7.17. The summed E-state index contributed by atoms with van der Waals surface area (Å²) in [4.78, 5) is 31.2. The maximum absolute atomic E-state index is 12.7. The van der Waals surface area contributed by atoms with Crippen LogP contribution in [0.2, 0.25) is 0 Å². The van der Waals surface area contributed by atoms with Gasteiger partial charge in [0, 0.05) is 44.8 Å². The molecule has 2 aliphatic rings. The highest BCUT2D eigenvalue weighted by Crippen LogP contribution is 2.33. The van der Waals surface area contributed by atoms with Crippen LogP contribution in [0.1, 0.15) is 13.3 Å². The Bertz CT molecular complexity index is 847. The van der Waals surface area contributed by atoms with Crippen molar-refractivity contribution in [1.82, 2.24) is 4.90 Å². The van der Waals surface area contributed by atoms with E-state index in [1.54, 1.807) is 11.8 Å². The largest absolute Gasteiger partial charge is 0.479 e. The Kier molecular flexibility index (Phi) is 5.19. The standard InChI is InChI=1S/C22H25N3O3/c1-17-22(27)25(19-9-5-6-10-20(19)28-17)12-11-21(26)24-15-13-23(14-16-24)18-7-3-2-4-8-18/h2-10,17H,11-16H2,1H3. The summed E-state index contributed by atoms with van der Waals surface area (Å²) in [5.41, 5.74) is 1.94. The van der Waals surface area contributed by atoms with Crippen molar-refractivity contribution in [2.75, 3.05) is 42.5 Å². The summed E-state index contributed by atoms with van der Waals surface area (Å²) < 4.78 is 5.66. The molecule has 0 aromatic heterocycles. The smallest absolute Gasteiger partial charge is 0.267 e. The van der Waals surface area contributed by atoms with Crippen molar-refractivity contribution >= 4 is 23.2 Å². The number of rotatable bonds is 4. The molecule has 2 aromatic carbocycles. The minimum Gasteiger partial charge on any atom is -0.479 e. The second-order valence-electron chi connectivity index (χ2n) is 7.17. The molecule has 1 fully saturated rings. The highest BCUT2D eigenvalue weighted by molar-refractivity contribution is 6.00. The summed E-state index contributed by atoms with van der Waals surface area (Å²) in [6, 6.07) is 17.8. The average Bonchev–Trinajstić information content (AvgIpc) is 2.74. The molecule has 0 spiro atoms. The predicted molar refractivity (Wildman–Crippen MR) is 109 cm³/mol. The number of amides is 2. The van der Waals surface area contributed by atoms with Crippen molar-refractivity contribution < 1.29 is 14.3 Å². The van der Waals surface area contributed by atoms with Crippen LogP contribution in [0.5, 0.6) is 5.75 Å². The van der Waals surface area contributed by atoms with Gasteiger partial charge in [-0.3, -0.25) is 9.59 Å². The van der Waals surface area contributed by atoms with Crippen molar-refractivity contribution in [3.8, 4) is 5.75 Å². The van der Waals surface area contributed by atoms with Crippen molar-refractivity contribution in [2.45, 2.75) is 19.4 Å². The Morgan fingerprint density at radius 1 is 1.00 bits per heavy atom. The quantitative estimate of drug-likeness (QED) is 0.819. The fourth-order valence-electron chi connectivity index (χ4n) is 3.81. The zero-order valence-corrected chi connectivity index (χ0v) is 16.1. The maximum Gasteiger partial charge on any atom is 0.267 e. The molecule has 2 aliphatic heterocycles. The predicted octanol–water partition coefficient (Wildman–Crippen LogP) is 2.54. The molecule has 28 heavy (non-hydrogen) atoms. The molecular weight excluding hydrogens is 354 g/mol. The van der Waals surface area contributed by atoms with Crippen molar-refractivity contribution in [1.29, 1.82) is 0 Å². The van der Waals surface area contributed by atoms with E-state index in [0.717, 1.165) is 18.8 Å². The third kappa shape index (κ3) is 3.67. The summed E-state index contributed by atoms with van der Waals surface area (Å²) >= 11 is 0. The molecule has 2 amide bonds. The number of para-hydroxylation sites is 3. The third-order valence-electron chi connectivity index (χ3n) is 5.38. The number of anilines is 2. The van der Waals surface area contributed by atoms with Gasteiger partial charge >= 0.3 is 0 Å². The minimum atomic E-state index is -0.528. The summed E-state index contributed by atoms with van der Waals surface area (Å²) in [6.07, 6.45) is -0.211. The lowest BCUT2D eigenvalue weighted by Crippen LogP contribution is -2.50. The van der Waals surface area contributed by atoms with Gasteiger partial charge in [-0.25, -0.2) is 0 Å². The number of hydrogen-bond donors (Lipinski definition) is 0. The van der Waals surface area contributed by atoms with Gasteiger partial charge in [0.25, 0.3) is 5.91 Å². The van der Waals surface area contributed by atoms with Crippen LogP contribution in [0, 0.1) is 0 Å². The molecule has 1 atom stereocenters. The molecule has 0 saturated carbocycles. The number of ether oxygens (including phenoxy) is 1. The molecule has 1 saturated heterocycles. The second kappa shape index (κ2) is 7.92. The van der Waals surface area contributed by atoms with E-state index in [2.05, 4.69) is 17.0 Å². The zero-order valence-electron chi connectivity index (χ0n) is 16.1. The third-order valence-corrected chi connectivity index (χ3v) is 5.38. The van der Waals surface area contributed by atoms with E-state index in [1.807, 2.05) is 47.4 Å². The number of carbonyl (C=O) groups is 2. The summed E-state index contributed by atoms with van der Waals surface area (Å²) in [5, 5.41) is 0. The minimum absolute atomic E-state index is 0.0946. The molecule has 2 heterocycles. The molecule has 2 aromatic rings. The van der Waals surface area contributed by atoms with Crippen LogP contribution in [-0.4, -0.2) is 55.5 Å². The van der Waals surface area contributed by atoms with Gasteiger partial charge in [0.2, 0.25) is 5.91 Å². The topological polar surface area (TPSA) is 53.1 Å². The Hall–Kier alpha value is -3.02. The Labute approximate surface area is 165 Å². The van der Waals surface area contributed by atoms with Crippen LogP contribution in [-0.2, 0) is 9.59 Å². The van der Waals surface area contributed by atoms with E-state index in [9.17, 15) is 9.59 Å². The molecule has 146 valence electrons. The summed E-state index contributed by atoms with van der Waals surface area (Å²) in [6.45, 7) is 5.19. The first-order chi connectivity index (χ1) is 13.6. The van der Waals surface area contributed by atoms with Gasteiger partial charge in [-0.15, -0.1) is 0 Å². The SMILES string of the molecule is CC1Oc2ccccc2N(CCC(=O)N2CCN(c3ccccc3)CC2)C1=O. The van der Waals surface area contributed by atoms with Gasteiger partial charge in [-0.2, -0.15) is 0 Å². The fourth-order valence-corrected chi connectivity index (χ4v) is 3.81. The number of benzene rings is 2. The van der Waals surface area contributed by atoms with Crippen molar-refractivity contribution in [3.63, 3.8) is 0 Å². The Morgan fingerprint density at radius 2 is 1.68 bits per heavy atom. The van der Waals surface area contributed by atoms with E-state index in [0.29, 0.717) is 31.8 Å². The van der Waals surface area contributed by atoms with E-state index in [1.165, 1.54) is 5.69 Å². The van der Waals surface area contributed by atoms with Gasteiger partial charge in [0.15, 0.2) is 6.10 Å². The highest BCUT2D eigenvalue weighted by atomic mass is 16.5. The molecular formula is C22H25N3O3. The molecule has 0 bridgehead atoms. The van der Waals surface area contributed by atoms with Crippen LogP contribution in [0.25, 0.3) is 0 Å². The molecule has 6 nitrogen and oxygen atoms in total. The lowest BCUT2D eigenvalue weighted by atomic mass is 10.1. The van der Waals surface area contributed by atoms with Gasteiger partial charge in [-0.05, 0) is 31.2 Å². The Balaban J connectivity index is 1.34. The lowest BCUT2D eigenvalue weighted by Gasteiger charge is -2.37. The number of hydrogen-bond acceptors (Lipinski definition) is 4. The molecule has 0 N–H and O–H groups in total. The number of piperazine rings is 1. The first-order valence-corrected chi connectivity index (χ1v) is 9.78. The van der Waals surface area contributed by atoms with Crippen LogP contribution in [0.3, 0.4) is 0 Å². The van der Waals surface area contributed by atoms with Gasteiger partial charge in [-0.1, -0.05) is 30.3 Å². The monoisotopic (exact) mass is 379 g/mol. The number of fused-ring (bicyclic) bond motifs is 1. The number of nitrogens with zero attached hydrogens (tertiary/aromatic N) is 3. The maximum atomic E-state index is 12.7. The lowest BCUT2D eigenvalue weighted by molar-refractivity contribution is -0.131. The van der Waals surface area contributed by atoms with Crippen molar-refractivity contribution in [3.05, 3.63) is 54.6 Å². The molecule has 0 radical (unpaired) electrons. The summed E-state index contributed by atoms with van der Waals surface area (Å²) in [5.74, 6) is 0.691.